The van der Waals surface area contributed by atoms with Gasteiger partial charge in [-0.15, -0.1) is 0 Å². The third-order valence-electron chi connectivity index (χ3n) is 1.48. The van der Waals surface area contributed by atoms with Gasteiger partial charge in [-0.05, 0) is 0 Å². The van der Waals surface area contributed by atoms with Gasteiger partial charge < -0.3 is 0 Å². The summed E-state index contributed by atoms with van der Waals surface area (Å²) in [7, 11) is 1.85. The molecule has 0 saturated heterocycles. The van der Waals surface area contributed by atoms with Crippen LogP contribution < -0.4 is 32.3 Å². The van der Waals surface area contributed by atoms with E-state index in [-0.39, 0.29) is 21.2 Å². The van der Waals surface area contributed by atoms with Crippen LogP contribution in [0.4, 0.5) is 0 Å². The van der Waals surface area contributed by atoms with Gasteiger partial charge in [0.1, 0.15) is 0 Å². The Kier molecular flexibility index (Phi) is 7.78. The number of thiocarbonyl (C=S) groups is 1. The molecule has 0 aliphatic heterocycles. The summed E-state index contributed by atoms with van der Waals surface area (Å²) in [6, 6.07) is 0. The first-order valence-corrected chi connectivity index (χ1v) is 7.30. The molecule has 1 atom stereocenters. The summed E-state index contributed by atoms with van der Waals surface area (Å²) in [4.78, 5) is 0.925. The number of hydrogen-bond donors (Lipinski definition) is 3. The molecule has 0 aromatic carbocycles. The SMILES string of the molecule is CNC(=S)C[I-]C(CN)CC(C)=N. The fraction of sp³-hybridized carbons (Fsp3) is 0.750. The van der Waals surface area contributed by atoms with Gasteiger partial charge in [0, 0.05) is 0 Å². The van der Waals surface area contributed by atoms with E-state index in [1.807, 2.05) is 14.0 Å². The molecule has 13 heavy (non-hydrogen) atoms. The molecule has 78 valence electrons. The van der Waals surface area contributed by atoms with Gasteiger partial charge in [-0.2, -0.15) is 0 Å². The first kappa shape index (κ1) is 13.2. The Bertz CT molecular complexity index is 184. The number of nitrogens with two attached hydrogens (primary N) is 1. The Labute approximate surface area is 95.6 Å². The van der Waals surface area contributed by atoms with Crippen LogP contribution in [0.15, 0.2) is 0 Å². The van der Waals surface area contributed by atoms with Gasteiger partial charge in [-0.1, -0.05) is 0 Å². The van der Waals surface area contributed by atoms with Crippen molar-refractivity contribution >= 4 is 22.9 Å². The zero-order valence-corrected chi connectivity index (χ0v) is 11.0. The van der Waals surface area contributed by atoms with Crippen LogP contribution in [0, 0.1) is 5.41 Å². The first-order chi connectivity index (χ1) is 6.10. The van der Waals surface area contributed by atoms with Crippen molar-refractivity contribution in [2.45, 2.75) is 17.3 Å². The van der Waals surface area contributed by atoms with E-state index in [1.54, 1.807) is 0 Å². The van der Waals surface area contributed by atoms with Gasteiger partial charge in [0.15, 0.2) is 0 Å². The van der Waals surface area contributed by atoms with E-state index in [1.165, 1.54) is 0 Å². The predicted molar refractivity (Wildman–Crippen MR) is 57.4 cm³/mol. The number of halogens is 1. The van der Waals surface area contributed by atoms with Crippen molar-refractivity contribution in [3.05, 3.63) is 0 Å². The normalized spacial score (nSPS) is 12.5. The second-order valence-electron chi connectivity index (χ2n) is 2.78. The van der Waals surface area contributed by atoms with Gasteiger partial charge in [-0.25, -0.2) is 0 Å². The molecular weight excluding hydrogens is 297 g/mol. The molecule has 0 radical (unpaired) electrons. The molecule has 4 N–H and O–H groups in total. The maximum atomic E-state index is 7.37. The van der Waals surface area contributed by atoms with E-state index >= 15 is 0 Å². The van der Waals surface area contributed by atoms with Crippen molar-refractivity contribution in [2.75, 3.05) is 18.0 Å². The van der Waals surface area contributed by atoms with Crippen LogP contribution in [-0.4, -0.2) is 32.6 Å². The molecule has 0 heterocycles. The van der Waals surface area contributed by atoms with E-state index in [2.05, 4.69) is 5.32 Å². The van der Waals surface area contributed by atoms with Crippen molar-refractivity contribution < 1.29 is 21.2 Å². The topological polar surface area (TPSA) is 61.9 Å². The molecule has 0 fully saturated rings. The Morgan fingerprint density at radius 2 is 2.31 bits per heavy atom. The van der Waals surface area contributed by atoms with Crippen LogP contribution in [0.1, 0.15) is 13.3 Å². The summed E-state index contributed by atoms with van der Waals surface area (Å²) in [5.74, 6) is 0. The predicted octanol–water partition coefficient (Wildman–Crippen LogP) is -2.62. The minimum atomic E-state index is 0.00910. The second-order valence-corrected chi connectivity index (χ2v) is 6.68. The summed E-state index contributed by atoms with van der Waals surface area (Å²) in [6.07, 6.45) is 0.843. The summed E-state index contributed by atoms with van der Waals surface area (Å²) in [5.41, 5.74) is 6.34. The van der Waals surface area contributed by atoms with Gasteiger partial charge >= 0.3 is 95.9 Å². The van der Waals surface area contributed by atoms with E-state index in [4.69, 9.17) is 23.4 Å². The van der Waals surface area contributed by atoms with Crippen molar-refractivity contribution in [1.82, 2.24) is 5.32 Å². The number of alkyl halides is 2. The molecule has 0 saturated carbocycles. The summed E-state index contributed by atoms with van der Waals surface area (Å²) < 4.78 is 1.50. The fourth-order valence-corrected chi connectivity index (χ4v) is 3.94. The number of hydrogen-bond acceptors (Lipinski definition) is 3. The molecule has 0 aromatic heterocycles. The summed E-state index contributed by atoms with van der Waals surface area (Å²) in [5, 5.41) is 10.3. The zero-order chi connectivity index (χ0) is 10.3. The van der Waals surface area contributed by atoms with E-state index in [0.29, 0.717) is 10.5 Å². The van der Waals surface area contributed by atoms with Crippen molar-refractivity contribution in [3.8, 4) is 0 Å². The van der Waals surface area contributed by atoms with Crippen LogP contribution in [-0.2, 0) is 0 Å². The summed E-state index contributed by atoms with van der Waals surface area (Å²) >= 11 is 5.07. The van der Waals surface area contributed by atoms with Crippen LogP contribution in [0.2, 0.25) is 0 Å². The number of nitrogens with one attached hydrogen (secondary N) is 2. The van der Waals surface area contributed by atoms with E-state index in [0.717, 1.165) is 21.5 Å². The van der Waals surface area contributed by atoms with Crippen molar-refractivity contribution in [1.29, 1.82) is 5.41 Å². The standard InChI is InChI=1S/C8H17IN3S/c1-6(11)3-7(5-10)9-4-8(13)12-2/h7,11H,3-5,10H2,1-2H3,(H,12,13)/q-1. The molecule has 0 aliphatic rings. The molecule has 5 heteroatoms. The van der Waals surface area contributed by atoms with Gasteiger partial charge in [-0.3, -0.25) is 0 Å². The zero-order valence-electron chi connectivity index (χ0n) is 8.06. The third-order valence-corrected chi connectivity index (χ3v) is 5.74. The Hall–Kier alpha value is 0.250. The molecule has 0 rings (SSSR count). The maximum absolute atomic E-state index is 7.37. The minimum absolute atomic E-state index is 0.00910. The Morgan fingerprint density at radius 1 is 1.69 bits per heavy atom. The van der Waals surface area contributed by atoms with Gasteiger partial charge in [0.2, 0.25) is 0 Å². The first-order valence-electron chi connectivity index (χ1n) is 4.12. The van der Waals surface area contributed by atoms with E-state index in [9.17, 15) is 0 Å². The second kappa shape index (κ2) is 7.64. The molecule has 0 amide bonds. The molecule has 0 aromatic rings. The molecule has 0 spiro atoms. The molecular formula is C8H17IN3S-. The van der Waals surface area contributed by atoms with Crippen LogP contribution in [0.3, 0.4) is 0 Å². The monoisotopic (exact) mass is 314 g/mol. The van der Waals surface area contributed by atoms with Crippen molar-refractivity contribution in [3.63, 3.8) is 0 Å². The van der Waals surface area contributed by atoms with E-state index < -0.39 is 0 Å². The Balaban J connectivity index is 3.71. The molecule has 3 nitrogen and oxygen atoms in total. The van der Waals surface area contributed by atoms with Crippen molar-refractivity contribution in [2.24, 2.45) is 5.73 Å². The fourth-order valence-electron chi connectivity index (χ4n) is 0.779. The summed E-state index contributed by atoms with van der Waals surface area (Å²) in [6.45, 7) is 2.53. The quantitative estimate of drug-likeness (QED) is 0.218. The molecule has 0 aliphatic carbocycles. The van der Waals surface area contributed by atoms with Crippen LogP contribution in [0.25, 0.3) is 0 Å². The average molecular weight is 314 g/mol. The molecule has 0 bridgehead atoms. The Morgan fingerprint density at radius 3 is 2.69 bits per heavy atom. The average Bonchev–Trinajstić information content (AvgIpc) is 2.10. The third kappa shape index (κ3) is 7.33. The number of rotatable bonds is 6. The molecule has 1 unspecified atom stereocenters. The van der Waals surface area contributed by atoms with Gasteiger partial charge in [0.25, 0.3) is 0 Å². The van der Waals surface area contributed by atoms with Crippen LogP contribution in [0.5, 0.6) is 0 Å². The van der Waals surface area contributed by atoms with Gasteiger partial charge in [0.05, 0.1) is 0 Å². The van der Waals surface area contributed by atoms with Crippen LogP contribution >= 0.6 is 12.2 Å².